The summed E-state index contributed by atoms with van der Waals surface area (Å²) in [6.07, 6.45) is 1.47. The fraction of sp³-hybridized carbons (Fsp3) is 0.364. The smallest absolute Gasteiger partial charge is 0.218 e. The van der Waals surface area contributed by atoms with Crippen LogP contribution in [0.15, 0.2) is 54.6 Å². The van der Waals surface area contributed by atoms with Crippen LogP contribution in [0.5, 0.6) is 5.75 Å². The highest BCUT2D eigenvalue weighted by atomic mass is 16.5. The molecule has 1 aliphatic rings. The van der Waals surface area contributed by atoms with Gasteiger partial charge in [0.1, 0.15) is 11.4 Å². The molecule has 136 valence electrons. The number of hydrogen-bond donors (Lipinski definition) is 1. The Morgan fingerprint density at radius 2 is 1.69 bits per heavy atom. The first-order valence-corrected chi connectivity index (χ1v) is 9.18. The molecule has 0 spiro atoms. The maximum absolute atomic E-state index is 13.5. The van der Waals surface area contributed by atoms with Crippen molar-refractivity contribution in [3.63, 3.8) is 0 Å². The summed E-state index contributed by atoms with van der Waals surface area (Å²) < 4.78 is 6.41. The number of hydrogen-bond acceptors (Lipinski definition) is 3. The molecule has 3 rings (SSSR count). The summed E-state index contributed by atoms with van der Waals surface area (Å²) in [6, 6.07) is 17.0. The maximum atomic E-state index is 13.5. The number of amides is 1. The van der Waals surface area contributed by atoms with E-state index in [0.717, 1.165) is 5.56 Å². The van der Waals surface area contributed by atoms with E-state index < -0.39 is 17.4 Å². The summed E-state index contributed by atoms with van der Waals surface area (Å²) in [5.41, 5.74) is 6.43. The highest BCUT2D eigenvalue weighted by Gasteiger charge is 2.51. The van der Waals surface area contributed by atoms with Crippen LogP contribution in [-0.4, -0.2) is 17.3 Å². The second-order valence-corrected chi connectivity index (χ2v) is 6.90. The van der Waals surface area contributed by atoms with E-state index in [1.54, 1.807) is 6.07 Å². The van der Waals surface area contributed by atoms with E-state index in [4.69, 9.17) is 10.5 Å². The van der Waals surface area contributed by atoms with Gasteiger partial charge in [-0.15, -0.1) is 0 Å². The molecule has 4 heteroatoms. The van der Waals surface area contributed by atoms with Crippen molar-refractivity contribution in [3.05, 3.63) is 65.7 Å². The molecule has 1 heterocycles. The lowest BCUT2D eigenvalue weighted by atomic mass is 9.66. The van der Waals surface area contributed by atoms with Gasteiger partial charge in [-0.3, -0.25) is 9.59 Å². The fourth-order valence-electron chi connectivity index (χ4n) is 4.18. The highest BCUT2D eigenvalue weighted by Crippen LogP contribution is 2.48. The molecule has 0 fully saturated rings. The first-order valence-electron chi connectivity index (χ1n) is 9.18. The number of nitrogens with two attached hydrogens (primary N) is 1. The number of benzene rings is 2. The van der Waals surface area contributed by atoms with Crippen molar-refractivity contribution in [2.45, 2.75) is 44.6 Å². The summed E-state index contributed by atoms with van der Waals surface area (Å²) in [5.74, 6) is -0.516. The van der Waals surface area contributed by atoms with E-state index in [1.807, 2.05) is 62.4 Å². The van der Waals surface area contributed by atoms with Gasteiger partial charge in [0, 0.05) is 12.3 Å². The molecular weight excluding hydrogens is 326 g/mol. The van der Waals surface area contributed by atoms with Gasteiger partial charge in [-0.2, -0.15) is 0 Å². The topological polar surface area (TPSA) is 69.4 Å². The Labute approximate surface area is 154 Å². The van der Waals surface area contributed by atoms with E-state index >= 15 is 0 Å². The summed E-state index contributed by atoms with van der Waals surface area (Å²) in [5, 5.41) is 0. The van der Waals surface area contributed by atoms with Crippen molar-refractivity contribution >= 4 is 11.7 Å². The third-order valence-corrected chi connectivity index (χ3v) is 5.56. The van der Waals surface area contributed by atoms with Crippen LogP contribution in [0.1, 0.15) is 54.9 Å². The number of carbonyl (C=O) groups excluding carboxylic acids is 2. The number of ether oxygens (including phenoxy) is 1. The van der Waals surface area contributed by atoms with Gasteiger partial charge in [0.25, 0.3) is 0 Å². The van der Waals surface area contributed by atoms with Crippen LogP contribution in [0.25, 0.3) is 0 Å². The summed E-state index contributed by atoms with van der Waals surface area (Å²) >= 11 is 0. The lowest BCUT2D eigenvalue weighted by molar-refractivity contribution is -0.119. The Bertz CT molecular complexity index is 796. The molecule has 0 saturated carbocycles. The Kier molecular flexibility index (Phi) is 5.12. The number of para-hydroxylation sites is 1. The number of Topliss-reactive ketones (excluding diaryl/α,β-unsaturated/α-hetero) is 1. The molecule has 1 amide bonds. The van der Waals surface area contributed by atoms with Crippen LogP contribution in [0.4, 0.5) is 0 Å². The van der Waals surface area contributed by atoms with Crippen molar-refractivity contribution in [2.75, 3.05) is 0 Å². The zero-order chi connectivity index (χ0) is 18.7. The van der Waals surface area contributed by atoms with Crippen LogP contribution >= 0.6 is 0 Å². The van der Waals surface area contributed by atoms with Gasteiger partial charge in [0.05, 0.1) is 11.5 Å². The summed E-state index contributed by atoms with van der Waals surface area (Å²) in [4.78, 5) is 25.4. The number of carbonyl (C=O) groups is 2. The van der Waals surface area contributed by atoms with Crippen molar-refractivity contribution in [1.29, 1.82) is 0 Å². The summed E-state index contributed by atoms with van der Waals surface area (Å²) in [7, 11) is 0. The van der Waals surface area contributed by atoms with E-state index in [-0.39, 0.29) is 18.1 Å². The molecule has 26 heavy (non-hydrogen) atoms. The zero-order valence-electron chi connectivity index (χ0n) is 15.3. The SMILES string of the molecule is CCC1(CC)Oc2ccccc2C(=O)C1C(CC(N)=O)c1ccccc1. The van der Waals surface area contributed by atoms with Gasteiger partial charge in [-0.05, 0) is 30.5 Å². The molecule has 2 atom stereocenters. The lowest BCUT2D eigenvalue weighted by Crippen LogP contribution is -2.52. The Morgan fingerprint density at radius 1 is 1.08 bits per heavy atom. The van der Waals surface area contributed by atoms with Gasteiger partial charge in [-0.1, -0.05) is 56.3 Å². The van der Waals surface area contributed by atoms with E-state index in [0.29, 0.717) is 24.2 Å². The van der Waals surface area contributed by atoms with Crippen LogP contribution in [0.2, 0.25) is 0 Å². The van der Waals surface area contributed by atoms with Crippen molar-refractivity contribution in [2.24, 2.45) is 11.7 Å². The molecule has 4 nitrogen and oxygen atoms in total. The van der Waals surface area contributed by atoms with E-state index in [2.05, 4.69) is 0 Å². The molecule has 2 unspecified atom stereocenters. The van der Waals surface area contributed by atoms with Crippen LogP contribution in [-0.2, 0) is 4.79 Å². The van der Waals surface area contributed by atoms with Gasteiger partial charge in [0.15, 0.2) is 5.78 Å². The minimum atomic E-state index is -0.651. The maximum Gasteiger partial charge on any atom is 0.218 e. The Hall–Kier alpha value is -2.62. The Balaban J connectivity index is 2.16. The number of primary amides is 1. The third kappa shape index (κ3) is 3.12. The molecule has 2 aromatic rings. The average molecular weight is 351 g/mol. The average Bonchev–Trinajstić information content (AvgIpc) is 2.67. The lowest BCUT2D eigenvalue weighted by Gasteiger charge is -2.46. The second kappa shape index (κ2) is 7.32. The van der Waals surface area contributed by atoms with Gasteiger partial charge < -0.3 is 10.5 Å². The highest BCUT2D eigenvalue weighted by molar-refractivity contribution is 6.03. The van der Waals surface area contributed by atoms with Crippen LogP contribution in [0, 0.1) is 5.92 Å². The molecule has 2 N–H and O–H groups in total. The van der Waals surface area contributed by atoms with E-state index in [1.165, 1.54) is 0 Å². The summed E-state index contributed by atoms with van der Waals surface area (Å²) in [6.45, 7) is 4.06. The number of ketones is 1. The van der Waals surface area contributed by atoms with Crippen LogP contribution < -0.4 is 10.5 Å². The molecule has 0 saturated heterocycles. The molecule has 0 aromatic heterocycles. The van der Waals surface area contributed by atoms with Gasteiger partial charge in [0.2, 0.25) is 5.91 Å². The fourth-order valence-corrected chi connectivity index (χ4v) is 4.18. The third-order valence-electron chi connectivity index (χ3n) is 5.56. The minimum absolute atomic E-state index is 0.0330. The molecular formula is C22H25NO3. The van der Waals surface area contributed by atoms with Crippen molar-refractivity contribution in [1.82, 2.24) is 0 Å². The predicted octanol–water partition coefficient (Wildman–Crippen LogP) is 4.10. The van der Waals surface area contributed by atoms with Crippen molar-refractivity contribution < 1.29 is 14.3 Å². The van der Waals surface area contributed by atoms with Gasteiger partial charge >= 0.3 is 0 Å². The molecule has 1 aliphatic heterocycles. The quantitative estimate of drug-likeness (QED) is 0.852. The number of fused-ring (bicyclic) bond motifs is 1. The number of rotatable bonds is 6. The van der Waals surface area contributed by atoms with Gasteiger partial charge in [-0.25, -0.2) is 0 Å². The molecule has 0 aliphatic carbocycles. The molecule has 0 bridgehead atoms. The molecule has 2 aromatic carbocycles. The van der Waals surface area contributed by atoms with E-state index in [9.17, 15) is 9.59 Å². The predicted molar refractivity (Wildman–Crippen MR) is 101 cm³/mol. The standard InChI is InChI=1S/C22H25NO3/c1-3-22(4-2)20(21(25)16-12-8-9-13-18(16)26-22)17(14-19(23)24)15-10-6-5-7-11-15/h5-13,17,20H,3-4,14H2,1-2H3,(H2,23,24). The monoisotopic (exact) mass is 351 g/mol. The minimum Gasteiger partial charge on any atom is -0.486 e. The zero-order valence-corrected chi connectivity index (χ0v) is 15.3. The first kappa shape index (κ1) is 18.2. The Morgan fingerprint density at radius 3 is 2.31 bits per heavy atom. The second-order valence-electron chi connectivity index (χ2n) is 6.90. The largest absolute Gasteiger partial charge is 0.486 e. The van der Waals surface area contributed by atoms with Crippen molar-refractivity contribution in [3.8, 4) is 5.75 Å². The normalized spacial score (nSPS) is 19.3. The van der Waals surface area contributed by atoms with Crippen LogP contribution in [0.3, 0.4) is 0 Å². The first-order chi connectivity index (χ1) is 12.5. The molecule has 0 radical (unpaired) electrons.